The second-order valence-electron chi connectivity index (χ2n) is 9.13. The van der Waals surface area contributed by atoms with E-state index >= 15 is 0 Å². The van der Waals surface area contributed by atoms with Crippen LogP contribution in [-0.4, -0.2) is 25.5 Å². The van der Waals surface area contributed by atoms with E-state index in [0.717, 1.165) is 39.1 Å². The van der Waals surface area contributed by atoms with Gasteiger partial charge in [-0.2, -0.15) is 10.4 Å². The molecule has 0 bridgehead atoms. The average Bonchev–Trinajstić information content (AvgIpc) is 3.36. The van der Waals surface area contributed by atoms with Crippen LogP contribution in [0.4, 0.5) is 8.78 Å². The van der Waals surface area contributed by atoms with Gasteiger partial charge in [0, 0.05) is 28.2 Å². The van der Waals surface area contributed by atoms with E-state index in [-0.39, 0.29) is 11.8 Å². The molecule has 32 heavy (non-hydrogen) atoms. The highest BCUT2D eigenvalue weighted by atomic mass is 19.2. The van der Waals surface area contributed by atoms with Crippen molar-refractivity contribution >= 4 is 21.8 Å². The molecule has 1 fully saturated rings. The average molecular weight is 434 g/mol. The molecule has 0 amide bonds. The maximum absolute atomic E-state index is 14.2. The predicted octanol–water partition coefficient (Wildman–Crippen LogP) is 5.82. The number of aromatic nitrogens is 3. The molecule has 1 aliphatic carbocycles. The zero-order chi connectivity index (χ0) is 22.6. The summed E-state index contributed by atoms with van der Waals surface area (Å²) in [7, 11) is 0. The Labute approximate surface area is 184 Å². The number of nitrogens with zero attached hydrogens (tertiary/aromatic N) is 3. The van der Waals surface area contributed by atoms with E-state index in [9.17, 15) is 19.1 Å². The smallest absolute Gasteiger partial charge is 0.160 e. The van der Waals surface area contributed by atoms with Crippen molar-refractivity contribution in [2.45, 2.75) is 57.0 Å². The third-order valence-corrected chi connectivity index (χ3v) is 6.74. The van der Waals surface area contributed by atoms with E-state index in [0.29, 0.717) is 31.4 Å². The summed E-state index contributed by atoms with van der Waals surface area (Å²) in [4.78, 5) is 0. The number of benzene rings is 2. The van der Waals surface area contributed by atoms with Gasteiger partial charge in [0.15, 0.2) is 17.2 Å². The van der Waals surface area contributed by atoms with Crippen molar-refractivity contribution in [1.29, 1.82) is 5.26 Å². The van der Waals surface area contributed by atoms with E-state index in [1.807, 2.05) is 10.6 Å². The largest absolute Gasteiger partial charge is 0.375 e. The summed E-state index contributed by atoms with van der Waals surface area (Å²) in [6.07, 6.45) is 3.94. The van der Waals surface area contributed by atoms with Crippen LogP contribution in [0.15, 0.2) is 36.5 Å². The zero-order valence-corrected chi connectivity index (χ0v) is 18.0. The third-order valence-electron chi connectivity index (χ3n) is 6.74. The highest BCUT2D eigenvalue weighted by molar-refractivity contribution is 5.99. The molecular weight excluding hydrogens is 410 g/mol. The van der Waals surface area contributed by atoms with Crippen molar-refractivity contribution in [3.05, 3.63) is 59.4 Å². The highest BCUT2D eigenvalue weighted by Gasteiger charge is 2.36. The van der Waals surface area contributed by atoms with Crippen LogP contribution in [0.1, 0.15) is 62.6 Å². The van der Waals surface area contributed by atoms with Crippen LogP contribution in [0.3, 0.4) is 0 Å². The van der Waals surface area contributed by atoms with Crippen LogP contribution in [0.2, 0.25) is 0 Å². The molecule has 1 saturated carbocycles. The summed E-state index contributed by atoms with van der Waals surface area (Å²) >= 11 is 0. The molecule has 0 spiro atoms. The van der Waals surface area contributed by atoms with E-state index in [2.05, 4.69) is 36.2 Å². The Morgan fingerprint density at radius 2 is 1.94 bits per heavy atom. The number of fused-ring (bicyclic) bond motifs is 2. The van der Waals surface area contributed by atoms with E-state index in [1.54, 1.807) is 12.3 Å². The van der Waals surface area contributed by atoms with Gasteiger partial charge >= 0.3 is 0 Å². The van der Waals surface area contributed by atoms with E-state index in [1.165, 1.54) is 6.07 Å². The SMILES string of the molecule is CC(C)c1c(C2CCC(O)(C#N)CC2)c2cc3[nH]ncc3cc2n1-c1ccc(F)c(F)c1. The molecule has 5 rings (SSSR count). The maximum atomic E-state index is 14.2. The van der Waals surface area contributed by atoms with Gasteiger partial charge in [0.05, 0.1) is 23.3 Å². The number of H-pyrrole nitrogens is 1. The number of halogens is 2. The second kappa shape index (κ2) is 7.42. The Hall–Kier alpha value is -3.24. The van der Waals surface area contributed by atoms with Crippen molar-refractivity contribution in [1.82, 2.24) is 14.8 Å². The summed E-state index contributed by atoms with van der Waals surface area (Å²) in [5.74, 6) is -1.51. The minimum Gasteiger partial charge on any atom is -0.375 e. The molecule has 2 aromatic heterocycles. The van der Waals surface area contributed by atoms with Crippen molar-refractivity contribution in [2.75, 3.05) is 0 Å². The van der Waals surface area contributed by atoms with E-state index < -0.39 is 17.2 Å². The fraction of sp³-hybridized carbons (Fsp3) is 0.360. The molecule has 0 aliphatic heterocycles. The lowest BCUT2D eigenvalue weighted by Gasteiger charge is -2.32. The molecule has 7 heteroatoms. The van der Waals surface area contributed by atoms with Gasteiger partial charge in [0.25, 0.3) is 0 Å². The first-order valence-corrected chi connectivity index (χ1v) is 10.9. The van der Waals surface area contributed by atoms with Gasteiger partial charge in [0.1, 0.15) is 0 Å². The standard InChI is InChI=1S/C25H24F2N4O/c1-14(2)24-23(15-5-7-25(32,13-28)8-6-15)18-11-21-16(12-29-30-21)9-22(18)31(24)17-3-4-19(26)20(27)10-17/h3-4,9-12,14-15,32H,5-8H2,1-2H3,(H,29,30). The lowest BCUT2D eigenvalue weighted by atomic mass is 9.75. The van der Waals surface area contributed by atoms with Gasteiger partial charge in [-0.25, -0.2) is 8.78 Å². The Kier molecular flexibility index (Phi) is 4.79. The molecular formula is C25H24F2N4O. The molecule has 5 nitrogen and oxygen atoms in total. The maximum Gasteiger partial charge on any atom is 0.160 e. The normalized spacial score (nSPS) is 21.5. The minimum absolute atomic E-state index is 0.110. The van der Waals surface area contributed by atoms with Gasteiger partial charge in [-0.1, -0.05) is 13.8 Å². The lowest BCUT2D eigenvalue weighted by molar-refractivity contribution is 0.0528. The van der Waals surface area contributed by atoms with Crippen LogP contribution in [0, 0.1) is 23.0 Å². The predicted molar refractivity (Wildman–Crippen MR) is 119 cm³/mol. The van der Waals surface area contributed by atoms with Crippen molar-refractivity contribution in [3.8, 4) is 11.8 Å². The molecule has 1 aliphatic rings. The van der Waals surface area contributed by atoms with Crippen LogP contribution >= 0.6 is 0 Å². The summed E-state index contributed by atoms with van der Waals surface area (Å²) in [6, 6.07) is 10.1. The quantitative estimate of drug-likeness (QED) is 0.399. The number of nitrogens with one attached hydrogen (secondary N) is 1. The molecule has 0 saturated heterocycles. The third kappa shape index (κ3) is 3.18. The molecule has 2 N–H and O–H groups in total. The number of aliphatic hydroxyl groups is 1. The Morgan fingerprint density at radius 1 is 1.19 bits per heavy atom. The molecule has 4 aromatic rings. The van der Waals surface area contributed by atoms with Crippen LogP contribution < -0.4 is 0 Å². The van der Waals surface area contributed by atoms with Gasteiger partial charge < -0.3 is 9.67 Å². The summed E-state index contributed by atoms with van der Waals surface area (Å²) in [5.41, 5.74) is 3.29. The first kappa shape index (κ1) is 20.7. The molecule has 0 unspecified atom stereocenters. The van der Waals surface area contributed by atoms with Gasteiger partial charge in [-0.05, 0) is 67.3 Å². The number of hydrogen-bond acceptors (Lipinski definition) is 3. The molecule has 2 aromatic carbocycles. The summed E-state index contributed by atoms with van der Waals surface area (Å²) in [6.45, 7) is 4.19. The number of aromatic amines is 1. The molecule has 0 atom stereocenters. The fourth-order valence-electron chi connectivity index (χ4n) is 5.16. The van der Waals surface area contributed by atoms with E-state index in [4.69, 9.17) is 0 Å². The first-order valence-electron chi connectivity index (χ1n) is 10.9. The molecule has 0 radical (unpaired) electrons. The number of rotatable bonds is 3. The topological polar surface area (TPSA) is 77.6 Å². The van der Waals surface area contributed by atoms with Crippen LogP contribution in [0.25, 0.3) is 27.5 Å². The van der Waals surface area contributed by atoms with Gasteiger partial charge in [-0.3, -0.25) is 5.10 Å². The van der Waals surface area contributed by atoms with Crippen LogP contribution in [-0.2, 0) is 0 Å². The summed E-state index contributed by atoms with van der Waals surface area (Å²) in [5, 5.41) is 28.9. The highest BCUT2D eigenvalue weighted by Crippen LogP contribution is 2.46. The Morgan fingerprint density at radius 3 is 2.59 bits per heavy atom. The second-order valence-corrected chi connectivity index (χ2v) is 9.13. The monoisotopic (exact) mass is 434 g/mol. The lowest BCUT2D eigenvalue weighted by Crippen LogP contribution is -2.31. The molecule has 164 valence electrons. The van der Waals surface area contributed by atoms with Crippen molar-refractivity contribution in [3.63, 3.8) is 0 Å². The Balaban J connectivity index is 1.80. The minimum atomic E-state index is -1.27. The number of hydrogen-bond donors (Lipinski definition) is 2. The first-order chi connectivity index (χ1) is 15.3. The van der Waals surface area contributed by atoms with Gasteiger partial charge in [-0.15, -0.1) is 0 Å². The van der Waals surface area contributed by atoms with Gasteiger partial charge in [0.2, 0.25) is 0 Å². The fourth-order valence-corrected chi connectivity index (χ4v) is 5.16. The summed E-state index contributed by atoms with van der Waals surface area (Å²) < 4.78 is 30.0. The molecule has 2 heterocycles. The van der Waals surface area contributed by atoms with Crippen molar-refractivity contribution < 1.29 is 13.9 Å². The van der Waals surface area contributed by atoms with Crippen molar-refractivity contribution in [2.24, 2.45) is 0 Å². The Bertz CT molecular complexity index is 1370. The zero-order valence-electron chi connectivity index (χ0n) is 18.0. The van der Waals surface area contributed by atoms with Crippen LogP contribution in [0.5, 0.6) is 0 Å². The number of nitriles is 1.